The smallest absolute Gasteiger partial charge is 0.242 e. The van der Waals surface area contributed by atoms with Crippen LogP contribution < -0.4 is 4.90 Å². The Hall–Kier alpha value is -3.03. The Bertz CT molecular complexity index is 954. The number of piperazine rings is 1. The molecule has 33 heavy (non-hydrogen) atoms. The van der Waals surface area contributed by atoms with Crippen LogP contribution in [0.5, 0.6) is 0 Å². The maximum Gasteiger partial charge on any atom is 0.242 e. The third-order valence-corrected chi connectivity index (χ3v) is 6.91. The van der Waals surface area contributed by atoms with Crippen molar-refractivity contribution in [2.24, 2.45) is 5.92 Å². The summed E-state index contributed by atoms with van der Waals surface area (Å²) in [6, 6.07) is 10.0. The number of hydrogen-bond donors (Lipinski definition) is 0. The van der Waals surface area contributed by atoms with Crippen LogP contribution in [-0.2, 0) is 9.59 Å². The van der Waals surface area contributed by atoms with Crippen molar-refractivity contribution in [3.8, 4) is 11.3 Å². The predicted octanol–water partition coefficient (Wildman–Crippen LogP) is 3.36. The third-order valence-electron chi connectivity index (χ3n) is 6.91. The van der Waals surface area contributed by atoms with Crippen molar-refractivity contribution < 1.29 is 14.0 Å². The van der Waals surface area contributed by atoms with Gasteiger partial charge in [0.15, 0.2) is 5.82 Å². The molecule has 1 saturated heterocycles. The second-order valence-corrected chi connectivity index (χ2v) is 9.00. The number of rotatable bonds is 7. The Balaban J connectivity index is 1.32. The van der Waals surface area contributed by atoms with Crippen LogP contribution in [0.3, 0.4) is 0 Å². The largest absolute Gasteiger partial charge is 0.352 e. The molecule has 1 aliphatic carbocycles. The van der Waals surface area contributed by atoms with Crippen molar-refractivity contribution in [1.29, 1.82) is 0 Å². The number of nitrogens with zero attached hydrogens (tertiary/aromatic N) is 5. The summed E-state index contributed by atoms with van der Waals surface area (Å²) in [5, 5.41) is 8.62. The Kier molecular flexibility index (Phi) is 7.20. The van der Waals surface area contributed by atoms with Gasteiger partial charge in [0, 0.05) is 43.7 Å². The highest BCUT2D eigenvalue weighted by atomic mass is 19.1. The summed E-state index contributed by atoms with van der Waals surface area (Å²) in [6.45, 7) is 6.74. The molecule has 2 amide bonds. The lowest BCUT2D eigenvalue weighted by Crippen LogP contribution is -2.54. The van der Waals surface area contributed by atoms with Crippen LogP contribution in [0.1, 0.15) is 39.5 Å². The Morgan fingerprint density at radius 1 is 1.06 bits per heavy atom. The fourth-order valence-corrected chi connectivity index (χ4v) is 4.26. The van der Waals surface area contributed by atoms with Crippen LogP contribution in [0, 0.1) is 11.7 Å². The molecule has 0 unspecified atom stereocenters. The molecule has 2 heterocycles. The summed E-state index contributed by atoms with van der Waals surface area (Å²) < 4.78 is 13.1. The van der Waals surface area contributed by atoms with Gasteiger partial charge in [0.05, 0.1) is 12.2 Å². The number of amides is 2. The van der Waals surface area contributed by atoms with Gasteiger partial charge in [0.1, 0.15) is 5.82 Å². The van der Waals surface area contributed by atoms with E-state index in [0.717, 1.165) is 37.1 Å². The predicted molar refractivity (Wildman–Crippen MR) is 125 cm³/mol. The molecule has 176 valence electrons. The first-order valence-electron chi connectivity index (χ1n) is 11.9. The van der Waals surface area contributed by atoms with Crippen molar-refractivity contribution in [3.63, 3.8) is 0 Å². The van der Waals surface area contributed by atoms with E-state index in [2.05, 4.69) is 22.0 Å². The number of carbonyl (C=O) groups excluding carboxylic acids is 2. The van der Waals surface area contributed by atoms with E-state index in [-0.39, 0.29) is 36.1 Å². The molecule has 4 rings (SSSR count). The minimum atomic E-state index is -0.282. The van der Waals surface area contributed by atoms with Gasteiger partial charge >= 0.3 is 0 Å². The van der Waals surface area contributed by atoms with E-state index in [1.165, 1.54) is 12.1 Å². The van der Waals surface area contributed by atoms with Gasteiger partial charge in [-0.1, -0.05) is 13.3 Å². The van der Waals surface area contributed by atoms with Gasteiger partial charge in [0.2, 0.25) is 11.8 Å². The molecule has 1 saturated carbocycles. The summed E-state index contributed by atoms with van der Waals surface area (Å²) in [7, 11) is 0. The van der Waals surface area contributed by atoms with Gasteiger partial charge in [0.25, 0.3) is 0 Å². The molecule has 0 spiro atoms. The van der Waals surface area contributed by atoms with Gasteiger partial charge in [-0.25, -0.2) is 4.39 Å². The van der Waals surface area contributed by atoms with Crippen molar-refractivity contribution in [1.82, 2.24) is 20.0 Å². The van der Waals surface area contributed by atoms with Crippen molar-refractivity contribution >= 4 is 17.6 Å². The zero-order valence-corrected chi connectivity index (χ0v) is 19.4. The van der Waals surface area contributed by atoms with E-state index in [9.17, 15) is 14.0 Å². The molecule has 8 heteroatoms. The lowest BCUT2D eigenvalue weighted by atomic mass is 9.84. The molecule has 1 aromatic carbocycles. The second-order valence-electron chi connectivity index (χ2n) is 9.00. The molecule has 2 aliphatic rings. The quantitative estimate of drug-likeness (QED) is 0.643. The van der Waals surface area contributed by atoms with E-state index in [1.807, 2.05) is 24.0 Å². The summed E-state index contributed by atoms with van der Waals surface area (Å²) in [5.74, 6) is 0.726. The Labute approximate surface area is 194 Å². The van der Waals surface area contributed by atoms with E-state index in [1.54, 1.807) is 17.0 Å². The van der Waals surface area contributed by atoms with E-state index < -0.39 is 0 Å². The molecular weight excluding hydrogens is 421 g/mol. The van der Waals surface area contributed by atoms with Gasteiger partial charge in [-0.05, 0) is 62.6 Å². The maximum atomic E-state index is 13.1. The van der Waals surface area contributed by atoms with Gasteiger partial charge in [-0.2, -0.15) is 0 Å². The highest BCUT2D eigenvalue weighted by Crippen LogP contribution is 2.29. The van der Waals surface area contributed by atoms with Crippen LogP contribution in [0.15, 0.2) is 36.4 Å². The second kappa shape index (κ2) is 10.3. The fourth-order valence-electron chi connectivity index (χ4n) is 4.26. The third kappa shape index (κ3) is 5.31. The van der Waals surface area contributed by atoms with E-state index in [4.69, 9.17) is 0 Å². The average molecular weight is 454 g/mol. The zero-order chi connectivity index (χ0) is 23.4. The zero-order valence-electron chi connectivity index (χ0n) is 19.4. The molecule has 1 aliphatic heterocycles. The maximum absolute atomic E-state index is 13.1. The van der Waals surface area contributed by atoms with Gasteiger partial charge < -0.3 is 14.7 Å². The number of benzene rings is 1. The number of carbonyl (C=O) groups is 2. The molecule has 7 nitrogen and oxygen atoms in total. The molecule has 1 aromatic heterocycles. The van der Waals surface area contributed by atoms with Crippen LogP contribution in [0.25, 0.3) is 11.3 Å². The summed E-state index contributed by atoms with van der Waals surface area (Å²) in [4.78, 5) is 31.6. The fraction of sp³-hybridized carbons (Fsp3) is 0.520. The van der Waals surface area contributed by atoms with Crippen LogP contribution in [-0.4, -0.2) is 70.6 Å². The SMILES string of the molecule is CC[C@@H](C)N(CC(=O)N1CCN(c2ccc(-c3ccc(F)cc3)nn2)CC1)C(=O)C1CCC1. The van der Waals surface area contributed by atoms with E-state index in [0.29, 0.717) is 31.9 Å². The summed E-state index contributed by atoms with van der Waals surface area (Å²) >= 11 is 0. The Morgan fingerprint density at radius 3 is 2.30 bits per heavy atom. The molecule has 0 bridgehead atoms. The van der Waals surface area contributed by atoms with Crippen LogP contribution in [0.4, 0.5) is 10.2 Å². The Morgan fingerprint density at radius 2 is 1.76 bits per heavy atom. The number of anilines is 1. The highest BCUT2D eigenvalue weighted by Gasteiger charge is 2.33. The number of aromatic nitrogens is 2. The number of hydrogen-bond acceptors (Lipinski definition) is 5. The first kappa shape index (κ1) is 23.1. The first-order valence-corrected chi connectivity index (χ1v) is 11.9. The van der Waals surface area contributed by atoms with Crippen molar-refractivity contribution in [3.05, 3.63) is 42.2 Å². The molecule has 0 N–H and O–H groups in total. The molecule has 0 radical (unpaired) electrons. The average Bonchev–Trinajstić information content (AvgIpc) is 2.81. The lowest BCUT2D eigenvalue weighted by Gasteiger charge is -2.38. The van der Waals surface area contributed by atoms with Gasteiger partial charge in [-0.3, -0.25) is 9.59 Å². The monoisotopic (exact) mass is 453 g/mol. The minimum absolute atomic E-state index is 0.0142. The van der Waals surface area contributed by atoms with E-state index >= 15 is 0 Å². The van der Waals surface area contributed by atoms with Crippen LogP contribution in [0.2, 0.25) is 0 Å². The first-order chi connectivity index (χ1) is 16.0. The van der Waals surface area contributed by atoms with Crippen molar-refractivity contribution in [2.75, 3.05) is 37.6 Å². The van der Waals surface area contributed by atoms with Crippen LogP contribution >= 0.6 is 0 Å². The topological polar surface area (TPSA) is 69.6 Å². The highest BCUT2D eigenvalue weighted by molar-refractivity contribution is 5.86. The minimum Gasteiger partial charge on any atom is -0.352 e. The normalized spacial score (nSPS) is 17.4. The summed E-state index contributed by atoms with van der Waals surface area (Å²) in [5.41, 5.74) is 1.50. The van der Waals surface area contributed by atoms with Crippen molar-refractivity contribution in [2.45, 2.75) is 45.6 Å². The standard InChI is InChI=1S/C25H32FN5O2/c1-3-18(2)31(25(33)20-5-4-6-20)17-24(32)30-15-13-29(14-16-30)23-12-11-22(27-28-23)19-7-9-21(26)10-8-19/h7-12,18,20H,3-6,13-17H2,1-2H3/t18-/m1/s1. The lowest BCUT2D eigenvalue weighted by molar-refractivity contribution is -0.147. The van der Waals surface area contributed by atoms with Gasteiger partial charge in [-0.15, -0.1) is 10.2 Å². The summed E-state index contributed by atoms with van der Waals surface area (Å²) in [6.07, 6.45) is 3.83. The molecule has 1 atom stereocenters. The molecule has 2 aromatic rings. The molecule has 2 fully saturated rings. The molecular formula is C25H32FN5O2. The number of halogens is 1.